The number of aromatic nitrogens is 1. The third-order valence-corrected chi connectivity index (χ3v) is 5.92. The van der Waals surface area contributed by atoms with Crippen LogP contribution in [0, 0.1) is 10.1 Å². The predicted octanol–water partition coefficient (Wildman–Crippen LogP) is 4.56. The topological polar surface area (TPSA) is 77.7 Å². The fourth-order valence-electron chi connectivity index (χ4n) is 3.55. The van der Waals surface area contributed by atoms with Crippen molar-refractivity contribution >= 4 is 32.4 Å². The summed E-state index contributed by atoms with van der Waals surface area (Å²) in [5.74, 6) is 1.55. The molecule has 4 rings (SSSR count). The minimum atomic E-state index is -0.375. The van der Waals surface area contributed by atoms with Gasteiger partial charge in [-0.25, -0.2) is 4.98 Å². The molecule has 1 fully saturated rings. The number of anilines is 1. The highest BCUT2D eigenvalue weighted by Crippen LogP contribution is 2.43. The molecule has 0 saturated carbocycles. The second-order valence-corrected chi connectivity index (χ2v) is 7.37. The van der Waals surface area contributed by atoms with Crippen LogP contribution in [0.15, 0.2) is 36.4 Å². The molecule has 0 radical (unpaired) electrons. The Kier molecular flexibility index (Phi) is 4.57. The second kappa shape index (κ2) is 7.03. The van der Waals surface area contributed by atoms with E-state index in [9.17, 15) is 10.1 Å². The summed E-state index contributed by atoms with van der Waals surface area (Å²) in [6.45, 7) is 0.891. The molecule has 0 aliphatic carbocycles. The number of methoxy groups -OCH3 is 2. The molecular formula is C19H19N3O4S. The van der Waals surface area contributed by atoms with Crippen molar-refractivity contribution in [2.45, 2.75) is 18.9 Å². The van der Waals surface area contributed by atoms with Crippen molar-refractivity contribution in [3.05, 3.63) is 52.1 Å². The van der Waals surface area contributed by atoms with Crippen molar-refractivity contribution in [1.29, 1.82) is 0 Å². The zero-order chi connectivity index (χ0) is 19.0. The molecule has 3 aromatic rings. The molecule has 1 aliphatic heterocycles. The third-order valence-electron chi connectivity index (χ3n) is 4.87. The van der Waals surface area contributed by atoms with E-state index in [-0.39, 0.29) is 16.7 Å². The van der Waals surface area contributed by atoms with Crippen LogP contribution >= 0.6 is 11.3 Å². The normalized spacial score (nSPS) is 16.7. The standard InChI is InChI=1S/C19H19N3O4S/c1-25-13-6-7-14(17(11-13)26-2)16-4-3-9-21(16)19-20-15-8-5-12(22(23)24)10-18(15)27-19/h5-8,10-11,16H,3-4,9H2,1-2H3. The van der Waals surface area contributed by atoms with Crippen molar-refractivity contribution in [2.24, 2.45) is 0 Å². The maximum atomic E-state index is 11.0. The van der Waals surface area contributed by atoms with Gasteiger partial charge in [-0.2, -0.15) is 0 Å². The number of nitro benzene ring substituents is 1. The molecule has 8 heteroatoms. The van der Waals surface area contributed by atoms with Crippen molar-refractivity contribution in [3.8, 4) is 11.5 Å². The molecule has 0 spiro atoms. The third kappa shape index (κ3) is 3.16. The smallest absolute Gasteiger partial charge is 0.270 e. The van der Waals surface area contributed by atoms with Gasteiger partial charge in [-0.1, -0.05) is 11.3 Å². The first-order chi connectivity index (χ1) is 13.1. The molecule has 1 aromatic heterocycles. The van der Waals surface area contributed by atoms with E-state index in [1.54, 1.807) is 26.4 Å². The summed E-state index contributed by atoms with van der Waals surface area (Å²) in [6.07, 6.45) is 2.05. The lowest BCUT2D eigenvalue weighted by molar-refractivity contribution is -0.384. The summed E-state index contributed by atoms with van der Waals surface area (Å²) in [6, 6.07) is 10.8. The number of benzene rings is 2. The van der Waals surface area contributed by atoms with Gasteiger partial charge in [0.2, 0.25) is 0 Å². The first-order valence-electron chi connectivity index (χ1n) is 8.64. The average molecular weight is 385 g/mol. The van der Waals surface area contributed by atoms with Crippen molar-refractivity contribution < 1.29 is 14.4 Å². The van der Waals surface area contributed by atoms with Crippen LogP contribution in [0.25, 0.3) is 10.2 Å². The molecule has 2 aromatic carbocycles. The van der Waals surface area contributed by atoms with Crippen LogP contribution in [0.5, 0.6) is 11.5 Å². The first kappa shape index (κ1) is 17.5. The summed E-state index contributed by atoms with van der Waals surface area (Å²) in [7, 11) is 3.30. The van der Waals surface area contributed by atoms with Crippen LogP contribution in [-0.2, 0) is 0 Å². The largest absolute Gasteiger partial charge is 0.497 e. The van der Waals surface area contributed by atoms with E-state index in [0.29, 0.717) is 0 Å². The van der Waals surface area contributed by atoms with E-state index < -0.39 is 0 Å². The highest BCUT2D eigenvalue weighted by atomic mass is 32.1. The molecule has 0 amide bonds. The number of hydrogen-bond donors (Lipinski definition) is 0. The van der Waals surface area contributed by atoms with Crippen molar-refractivity contribution in [3.63, 3.8) is 0 Å². The van der Waals surface area contributed by atoms with Crippen molar-refractivity contribution in [2.75, 3.05) is 25.7 Å². The van der Waals surface area contributed by atoms with Gasteiger partial charge in [-0.05, 0) is 31.0 Å². The van der Waals surface area contributed by atoms with Gasteiger partial charge in [-0.3, -0.25) is 10.1 Å². The number of ether oxygens (including phenoxy) is 2. The Labute approximate surface area is 160 Å². The van der Waals surface area contributed by atoms with Crippen LogP contribution in [0.3, 0.4) is 0 Å². The lowest BCUT2D eigenvalue weighted by atomic mass is 10.0. The predicted molar refractivity (Wildman–Crippen MR) is 105 cm³/mol. The van der Waals surface area contributed by atoms with Crippen LogP contribution < -0.4 is 14.4 Å². The number of rotatable bonds is 5. The van der Waals surface area contributed by atoms with E-state index >= 15 is 0 Å². The van der Waals surface area contributed by atoms with Gasteiger partial charge in [0.15, 0.2) is 5.13 Å². The van der Waals surface area contributed by atoms with E-state index in [2.05, 4.69) is 4.90 Å². The number of hydrogen-bond acceptors (Lipinski definition) is 7. The Morgan fingerprint density at radius 2 is 2.07 bits per heavy atom. The highest BCUT2D eigenvalue weighted by molar-refractivity contribution is 7.22. The average Bonchev–Trinajstić information content (AvgIpc) is 3.33. The van der Waals surface area contributed by atoms with Gasteiger partial charge in [0.25, 0.3) is 5.69 Å². The zero-order valence-corrected chi connectivity index (χ0v) is 15.9. The molecule has 0 N–H and O–H groups in total. The van der Waals surface area contributed by atoms with E-state index in [1.807, 2.05) is 18.2 Å². The molecule has 7 nitrogen and oxygen atoms in total. The molecule has 1 atom stereocenters. The van der Waals surface area contributed by atoms with Gasteiger partial charge < -0.3 is 14.4 Å². The van der Waals surface area contributed by atoms with Crippen molar-refractivity contribution in [1.82, 2.24) is 4.98 Å². The summed E-state index contributed by atoms with van der Waals surface area (Å²) in [4.78, 5) is 17.6. The van der Waals surface area contributed by atoms with Crippen LogP contribution in [0.1, 0.15) is 24.4 Å². The number of thiazole rings is 1. The maximum Gasteiger partial charge on any atom is 0.270 e. The van der Waals surface area contributed by atoms with Crippen LogP contribution in [0.4, 0.5) is 10.8 Å². The number of nitrogens with zero attached hydrogens (tertiary/aromatic N) is 3. The molecule has 2 heterocycles. The molecule has 1 unspecified atom stereocenters. The van der Waals surface area contributed by atoms with E-state index in [1.165, 1.54) is 17.4 Å². The molecule has 27 heavy (non-hydrogen) atoms. The summed E-state index contributed by atoms with van der Waals surface area (Å²) >= 11 is 1.49. The molecule has 1 saturated heterocycles. The fraction of sp³-hybridized carbons (Fsp3) is 0.316. The number of non-ortho nitro benzene ring substituents is 1. The zero-order valence-electron chi connectivity index (χ0n) is 15.0. The SMILES string of the molecule is COc1ccc(C2CCCN2c2nc3ccc([N+](=O)[O-])cc3s2)c(OC)c1. The quantitative estimate of drug-likeness (QED) is 0.473. The van der Waals surface area contributed by atoms with Gasteiger partial charge in [0.05, 0.1) is 35.4 Å². The Balaban J connectivity index is 1.71. The lowest BCUT2D eigenvalue weighted by Crippen LogP contribution is -2.22. The van der Waals surface area contributed by atoms with Crippen LogP contribution in [0.2, 0.25) is 0 Å². The van der Waals surface area contributed by atoms with Gasteiger partial charge >= 0.3 is 0 Å². The Morgan fingerprint density at radius 1 is 1.22 bits per heavy atom. The number of nitro groups is 1. The van der Waals surface area contributed by atoms with E-state index in [0.717, 1.165) is 51.8 Å². The fourth-order valence-corrected chi connectivity index (χ4v) is 4.62. The Morgan fingerprint density at radius 3 is 2.81 bits per heavy atom. The monoisotopic (exact) mass is 385 g/mol. The molecule has 140 valence electrons. The maximum absolute atomic E-state index is 11.0. The van der Waals surface area contributed by atoms with Gasteiger partial charge in [0, 0.05) is 30.3 Å². The summed E-state index contributed by atoms with van der Waals surface area (Å²) < 4.78 is 11.7. The Bertz CT molecular complexity index is 1000. The highest BCUT2D eigenvalue weighted by Gasteiger charge is 2.31. The molecule has 1 aliphatic rings. The summed E-state index contributed by atoms with van der Waals surface area (Å²) in [5, 5.41) is 11.9. The number of fused-ring (bicyclic) bond motifs is 1. The van der Waals surface area contributed by atoms with Gasteiger partial charge in [0.1, 0.15) is 11.5 Å². The Hall–Kier alpha value is -2.87. The van der Waals surface area contributed by atoms with E-state index in [4.69, 9.17) is 14.5 Å². The summed E-state index contributed by atoms with van der Waals surface area (Å²) in [5.41, 5.74) is 1.97. The second-order valence-electron chi connectivity index (χ2n) is 6.36. The molecule has 0 bridgehead atoms. The minimum absolute atomic E-state index is 0.0903. The first-order valence-corrected chi connectivity index (χ1v) is 9.46. The van der Waals surface area contributed by atoms with Gasteiger partial charge in [-0.15, -0.1) is 0 Å². The minimum Gasteiger partial charge on any atom is -0.497 e. The molecular weight excluding hydrogens is 366 g/mol. The lowest BCUT2D eigenvalue weighted by Gasteiger charge is -2.26. The van der Waals surface area contributed by atoms with Crippen LogP contribution in [-0.4, -0.2) is 30.7 Å².